The first kappa shape index (κ1) is 24.5. The lowest BCUT2D eigenvalue weighted by Gasteiger charge is -2.37. The molecule has 37 heavy (non-hydrogen) atoms. The summed E-state index contributed by atoms with van der Waals surface area (Å²) >= 11 is 0. The van der Waals surface area contributed by atoms with Gasteiger partial charge in [0.2, 0.25) is 5.91 Å². The number of ether oxygens (including phenoxy) is 1. The molecule has 192 valence electrons. The molecule has 1 atom stereocenters. The summed E-state index contributed by atoms with van der Waals surface area (Å²) in [5.41, 5.74) is 5.25. The zero-order chi connectivity index (χ0) is 25.9. The maximum atomic E-state index is 13.5. The van der Waals surface area contributed by atoms with Crippen LogP contribution in [0.1, 0.15) is 35.2 Å². The van der Waals surface area contributed by atoms with Crippen LogP contribution >= 0.6 is 0 Å². The third kappa shape index (κ3) is 5.04. The maximum absolute atomic E-state index is 13.5. The molecule has 1 saturated heterocycles. The summed E-state index contributed by atoms with van der Waals surface area (Å²) in [6, 6.07) is 16.3. The van der Waals surface area contributed by atoms with Crippen molar-refractivity contribution in [2.24, 2.45) is 0 Å². The van der Waals surface area contributed by atoms with Gasteiger partial charge < -0.3 is 14.5 Å². The Morgan fingerprint density at radius 1 is 0.919 bits per heavy atom. The largest absolute Gasteiger partial charge is 0.450 e. The number of tetrazole rings is 1. The highest BCUT2D eigenvalue weighted by Gasteiger charge is 2.34. The molecule has 0 radical (unpaired) electrons. The van der Waals surface area contributed by atoms with Gasteiger partial charge in [-0.2, -0.15) is 4.68 Å². The number of nitrogens with zero attached hydrogens (tertiary/aromatic N) is 7. The quantitative estimate of drug-likeness (QED) is 0.530. The van der Waals surface area contributed by atoms with Crippen LogP contribution in [0.4, 0.5) is 10.7 Å². The number of aryl methyl sites for hydroxylation is 2. The fraction of sp³-hybridized carbons (Fsp3) is 0.370. The number of fused-ring (bicyclic) bond motifs is 1. The first-order chi connectivity index (χ1) is 17.9. The van der Waals surface area contributed by atoms with Crippen molar-refractivity contribution < 1.29 is 14.3 Å². The Bertz CT molecular complexity index is 1290. The highest BCUT2D eigenvalue weighted by atomic mass is 16.6. The minimum atomic E-state index is -0.337. The molecule has 2 aromatic carbocycles. The highest BCUT2D eigenvalue weighted by Crippen LogP contribution is 2.36. The predicted octanol–water partition coefficient (Wildman–Crippen LogP) is 3.04. The number of carbonyl (C=O) groups is 2. The van der Waals surface area contributed by atoms with Gasteiger partial charge in [0.1, 0.15) is 12.6 Å². The standard InChI is InChI=1S/C27H31N7O3/c1-4-37-27(36)32-15-13-31(14-16-32)25(35)18-33-23(21-9-5-19(2)6-10-21)17-24(34-26(33)28-29-30-34)22-11-7-20(3)8-12-22/h5-12,17,24H,4,13-16,18H2,1-3H3/t24-/m0/s1. The van der Waals surface area contributed by atoms with Gasteiger partial charge in [-0.05, 0) is 48.4 Å². The van der Waals surface area contributed by atoms with Crippen LogP contribution in [0.2, 0.25) is 0 Å². The third-order valence-electron chi connectivity index (χ3n) is 6.80. The smallest absolute Gasteiger partial charge is 0.409 e. The SMILES string of the molecule is CCOC(=O)N1CCN(C(=O)CN2C(c3ccc(C)cc3)=C[C@@H](c3ccc(C)cc3)n3nnnc32)CC1. The molecule has 1 aromatic heterocycles. The third-order valence-corrected chi connectivity index (χ3v) is 6.80. The summed E-state index contributed by atoms with van der Waals surface area (Å²) in [7, 11) is 0. The Balaban J connectivity index is 1.43. The lowest BCUT2D eigenvalue weighted by molar-refractivity contribution is -0.131. The van der Waals surface area contributed by atoms with Gasteiger partial charge in [-0.1, -0.05) is 64.8 Å². The molecule has 0 bridgehead atoms. The Labute approximate surface area is 216 Å². The predicted molar refractivity (Wildman–Crippen MR) is 139 cm³/mol. The Morgan fingerprint density at radius 2 is 1.54 bits per heavy atom. The molecule has 2 amide bonds. The van der Waals surface area contributed by atoms with Crippen LogP contribution in [-0.4, -0.2) is 81.3 Å². The molecule has 2 aliphatic heterocycles. The lowest BCUT2D eigenvalue weighted by atomic mass is 9.99. The first-order valence-corrected chi connectivity index (χ1v) is 12.5. The Kier molecular flexibility index (Phi) is 6.89. The van der Waals surface area contributed by atoms with Crippen LogP contribution in [0.5, 0.6) is 0 Å². The molecule has 0 saturated carbocycles. The topological polar surface area (TPSA) is 96.7 Å². The lowest BCUT2D eigenvalue weighted by Crippen LogP contribution is -2.53. The van der Waals surface area contributed by atoms with E-state index in [0.717, 1.165) is 22.4 Å². The first-order valence-electron chi connectivity index (χ1n) is 12.5. The average Bonchev–Trinajstić information content (AvgIpc) is 3.40. The van der Waals surface area contributed by atoms with Crippen LogP contribution in [0, 0.1) is 13.8 Å². The number of rotatable bonds is 5. The van der Waals surface area contributed by atoms with Crippen LogP contribution < -0.4 is 4.90 Å². The second-order valence-corrected chi connectivity index (χ2v) is 9.35. The zero-order valence-electron chi connectivity index (χ0n) is 21.4. The monoisotopic (exact) mass is 501 g/mol. The van der Waals surface area contributed by atoms with Gasteiger partial charge in [0.25, 0.3) is 5.95 Å². The van der Waals surface area contributed by atoms with Crippen LogP contribution in [0.15, 0.2) is 54.6 Å². The van der Waals surface area contributed by atoms with E-state index in [1.54, 1.807) is 21.4 Å². The molecule has 10 nitrogen and oxygen atoms in total. The minimum Gasteiger partial charge on any atom is -0.450 e. The number of benzene rings is 2. The summed E-state index contributed by atoms with van der Waals surface area (Å²) < 4.78 is 6.85. The van der Waals surface area contributed by atoms with E-state index >= 15 is 0 Å². The summed E-state index contributed by atoms with van der Waals surface area (Å²) in [4.78, 5) is 30.8. The molecule has 0 aliphatic carbocycles. The average molecular weight is 502 g/mol. The van der Waals surface area contributed by atoms with Gasteiger partial charge in [0, 0.05) is 26.2 Å². The summed E-state index contributed by atoms with van der Waals surface area (Å²) in [6.07, 6.45) is 1.78. The van der Waals surface area contributed by atoms with Crippen molar-refractivity contribution in [3.8, 4) is 0 Å². The number of amides is 2. The molecule has 2 aliphatic rings. The number of piperazine rings is 1. The van der Waals surface area contributed by atoms with Crippen molar-refractivity contribution in [3.05, 3.63) is 76.9 Å². The van der Waals surface area contributed by atoms with Crippen molar-refractivity contribution >= 4 is 23.6 Å². The maximum Gasteiger partial charge on any atom is 0.409 e. The van der Waals surface area contributed by atoms with Gasteiger partial charge in [-0.15, -0.1) is 0 Å². The molecular weight excluding hydrogens is 470 g/mol. The molecule has 5 rings (SSSR count). The molecule has 3 aromatic rings. The van der Waals surface area contributed by atoms with Crippen LogP contribution in [-0.2, 0) is 9.53 Å². The van der Waals surface area contributed by atoms with Crippen molar-refractivity contribution in [1.82, 2.24) is 30.0 Å². The second kappa shape index (κ2) is 10.4. The number of hydrogen-bond acceptors (Lipinski definition) is 7. The molecule has 10 heteroatoms. The number of allylic oxidation sites excluding steroid dienone is 1. The van der Waals surface area contributed by atoms with Crippen molar-refractivity contribution in [3.63, 3.8) is 0 Å². The number of aromatic nitrogens is 4. The summed E-state index contributed by atoms with van der Waals surface area (Å²) in [5, 5.41) is 12.6. The highest BCUT2D eigenvalue weighted by molar-refractivity contribution is 5.89. The van der Waals surface area contributed by atoms with Gasteiger partial charge in [-0.25, -0.2) is 4.79 Å². The van der Waals surface area contributed by atoms with Crippen molar-refractivity contribution in [2.75, 3.05) is 44.2 Å². The van der Waals surface area contributed by atoms with Crippen molar-refractivity contribution in [1.29, 1.82) is 0 Å². The van der Waals surface area contributed by atoms with E-state index in [9.17, 15) is 9.59 Å². The second-order valence-electron chi connectivity index (χ2n) is 9.35. The fourth-order valence-electron chi connectivity index (χ4n) is 4.69. The number of carbonyl (C=O) groups excluding carboxylic acids is 2. The van der Waals surface area contributed by atoms with Gasteiger partial charge in [0.15, 0.2) is 0 Å². The van der Waals surface area contributed by atoms with Gasteiger partial charge >= 0.3 is 6.09 Å². The zero-order valence-corrected chi connectivity index (χ0v) is 21.4. The number of hydrogen-bond donors (Lipinski definition) is 0. The molecular formula is C27H31N7O3. The van der Waals surface area contributed by atoms with Crippen molar-refractivity contribution in [2.45, 2.75) is 26.8 Å². The van der Waals surface area contributed by atoms with E-state index < -0.39 is 0 Å². The molecule has 3 heterocycles. The summed E-state index contributed by atoms with van der Waals surface area (Å²) in [5.74, 6) is 0.465. The van der Waals surface area contributed by atoms with Gasteiger partial charge in [0.05, 0.1) is 12.3 Å². The van der Waals surface area contributed by atoms with Crippen LogP contribution in [0.3, 0.4) is 0 Å². The van der Waals surface area contributed by atoms with E-state index in [1.165, 1.54) is 5.56 Å². The molecule has 0 N–H and O–H groups in total. The van der Waals surface area contributed by atoms with E-state index in [1.807, 2.05) is 11.8 Å². The molecule has 0 unspecified atom stereocenters. The van der Waals surface area contributed by atoms with Crippen LogP contribution in [0.25, 0.3) is 5.70 Å². The minimum absolute atomic E-state index is 0.0511. The normalized spacial score (nSPS) is 17.3. The Hall–Kier alpha value is -4.21. The molecule has 0 spiro atoms. The van der Waals surface area contributed by atoms with E-state index in [4.69, 9.17) is 4.74 Å². The van der Waals surface area contributed by atoms with E-state index in [2.05, 4.69) is 77.1 Å². The Morgan fingerprint density at radius 3 is 2.19 bits per heavy atom. The fourth-order valence-corrected chi connectivity index (χ4v) is 4.69. The summed E-state index contributed by atoms with van der Waals surface area (Å²) in [6.45, 7) is 8.09. The number of anilines is 1. The van der Waals surface area contributed by atoms with Gasteiger partial charge in [-0.3, -0.25) is 9.69 Å². The van der Waals surface area contributed by atoms with E-state index in [0.29, 0.717) is 38.7 Å². The van der Waals surface area contributed by atoms with E-state index in [-0.39, 0.29) is 24.6 Å². The molecule has 1 fully saturated rings.